The number of rotatable bonds is 0. The van der Waals surface area contributed by atoms with E-state index in [-0.39, 0.29) is 3.23 Å². The van der Waals surface area contributed by atoms with Crippen molar-refractivity contribution in [2.45, 2.75) is 33.3 Å². The van der Waals surface area contributed by atoms with Gasteiger partial charge in [-0.1, -0.05) is 31.9 Å². The Morgan fingerprint density at radius 2 is 1.30 bits per heavy atom. The molecule has 0 bridgehead atoms. The summed E-state index contributed by atoms with van der Waals surface area (Å²) in [6.45, 7) is 0. The molecule has 0 atom stereocenters. The van der Waals surface area contributed by atoms with E-state index in [1.165, 1.54) is 0 Å². The Hall–Kier alpha value is 1.54. The van der Waals surface area contributed by atoms with Gasteiger partial charge in [-0.2, -0.15) is 0 Å². The van der Waals surface area contributed by atoms with Crippen molar-refractivity contribution in [2.75, 3.05) is 0 Å². The molecule has 1 aliphatic carbocycles. The Labute approximate surface area is 87.9 Å². The van der Waals surface area contributed by atoms with Gasteiger partial charge in [-0.05, 0) is 25.7 Å². The molecule has 0 heterocycles. The molecule has 0 aromatic carbocycles. The lowest BCUT2D eigenvalue weighted by Crippen LogP contribution is -2.27. The Kier molecular flexibility index (Phi) is 3.00. The van der Waals surface area contributed by atoms with Gasteiger partial charge in [-0.15, -0.1) is 23.2 Å². The minimum Gasteiger partial charge on any atom is -0.102 e. The van der Waals surface area contributed by atoms with Gasteiger partial charge in [-0.3, -0.25) is 0 Å². The van der Waals surface area contributed by atoms with Crippen LogP contribution in [0, 0.1) is 0 Å². The predicted octanol–water partition coefficient (Wildman–Crippen LogP) is 4.22. The van der Waals surface area contributed by atoms with Crippen LogP contribution in [0.2, 0.25) is 0 Å². The molecule has 0 saturated heterocycles. The van der Waals surface area contributed by atoms with E-state index in [0.717, 1.165) is 25.7 Å². The van der Waals surface area contributed by atoms with E-state index < -0.39 is 4.33 Å². The van der Waals surface area contributed by atoms with Crippen LogP contribution in [-0.4, -0.2) is 7.57 Å². The van der Waals surface area contributed by atoms with Gasteiger partial charge >= 0.3 is 0 Å². The zero-order valence-corrected chi connectivity index (χ0v) is 10.0. The average molecular weight is 311 g/mol. The topological polar surface area (TPSA) is 0 Å². The van der Waals surface area contributed by atoms with Crippen molar-refractivity contribution in [1.29, 1.82) is 0 Å². The van der Waals surface area contributed by atoms with Crippen LogP contribution in [0.25, 0.3) is 0 Å². The van der Waals surface area contributed by atoms with Gasteiger partial charge in [0.05, 0.1) is 3.23 Å². The van der Waals surface area contributed by atoms with Gasteiger partial charge in [0.2, 0.25) is 0 Å². The number of hydrogen-bond donors (Lipinski definition) is 0. The van der Waals surface area contributed by atoms with Crippen molar-refractivity contribution < 1.29 is 0 Å². The van der Waals surface area contributed by atoms with Gasteiger partial charge in [0.25, 0.3) is 0 Å². The fraction of sp³-hybridized carbons (Fsp3) is 1.00. The van der Waals surface area contributed by atoms with E-state index in [4.69, 9.17) is 23.2 Å². The molecule has 0 aromatic rings. The van der Waals surface area contributed by atoms with Gasteiger partial charge < -0.3 is 0 Å². The summed E-state index contributed by atoms with van der Waals surface area (Å²) in [4.78, 5) is 0. The largest absolute Gasteiger partial charge is 0.118 e. The molecule has 0 radical (unpaired) electrons. The third-order valence-electron chi connectivity index (χ3n) is 1.71. The quantitative estimate of drug-likeness (QED) is 0.588. The first-order valence-electron chi connectivity index (χ1n) is 3.17. The van der Waals surface area contributed by atoms with Crippen molar-refractivity contribution in [3.05, 3.63) is 0 Å². The molecule has 10 heavy (non-hydrogen) atoms. The van der Waals surface area contributed by atoms with Crippen LogP contribution in [0.5, 0.6) is 0 Å². The lowest BCUT2D eigenvalue weighted by molar-refractivity contribution is 0.477. The van der Waals surface area contributed by atoms with Gasteiger partial charge in [0.15, 0.2) is 0 Å². The molecule has 1 fully saturated rings. The molecular formula is C6H8Br2Cl2. The van der Waals surface area contributed by atoms with E-state index in [1.54, 1.807) is 0 Å². The lowest BCUT2D eigenvalue weighted by atomic mass is 9.99. The Morgan fingerprint density at radius 3 is 1.60 bits per heavy atom. The Morgan fingerprint density at radius 1 is 0.900 bits per heavy atom. The molecule has 1 rings (SSSR count). The van der Waals surface area contributed by atoms with E-state index in [0.29, 0.717) is 0 Å². The number of hydrogen-bond acceptors (Lipinski definition) is 0. The monoisotopic (exact) mass is 308 g/mol. The van der Waals surface area contributed by atoms with Crippen LogP contribution in [-0.2, 0) is 0 Å². The summed E-state index contributed by atoms with van der Waals surface area (Å²) in [5.41, 5.74) is 0. The van der Waals surface area contributed by atoms with E-state index in [1.807, 2.05) is 0 Å². The fourth-order valence-corrected chi connectivity index (χ4v) is 2.15. The fourth-order valence-electron chi connectivity index (χ4n) is 0.982. The minimum absolute atomic E-state index is 0.0906. The van der Waals surface area contributed by atoms with Crippen molar-refractivity contribution in [2.24, 2.45) is 0 Å². The molecule has 0 aliphatic heterocycles. The van der Waals surface area contributed by atoms with Crippen molar-refractivity contribution in [3.63, 3.8) is 0 Å². The lowest BCUT2D eigenvalue weighted by Gasteiger charge is -2.33. The molecule has 0 nitrogen and oxygen atoms in total. The molecule has 0 amide bonds. The summed E-state index contributed by atoms with van der Waals surface area (Å²) in [5.74, 6) is 0. The molecule has 0 aromatic heterocycles. The highest BCUT2D eigenvalue weighted by Gasteiger charge is 2.37. The van der Waals surface area contributed by atoms with E-state index in [2.05, 4.69) is 31.9 Å². The highest BCUT2D eigenvalue weighted by atomic mass is 79.9. The third-order valence-corrected chi connectivity index (χ3v) is 4.05. The van der Waals surface area contributed by atoms with Crippen LogP contribution >= 0.6 is 55.1 Å². The Bertz CT molecular complexity index is 106. The van der Waals surface area contributed by atoms with Crippen molar-refractivity contribution >= 4 is 55.1 Å². The zero-order valence-electron chi connectivity index (χ0n) is 5.34. The normalized spacial score (nSPS) is 30.0. The summed E-state index contributed by atoms with van der Waals surface area (Å²) in [7, 11) is 0. The van der Waals surface area contributed by atoms with Crippen LogP contribution in [0.4, 0.5) is 0 Å². The zero-order chi connectivity index (χ0) is 7.83. The second-order valence-electron chi connectivity index (χ2n) is 2.71. The second kappa shape index (κ2) is 3.12. The second-order valence-corrected chi connectivity index (χ2v) is 8.45. The first-order valence-corrected chi connectivity index (χ1v) is 5.51. The van der Waals surface area contributed by atoms with Crippen LogP contribution < -0.4 is 0 Å². The SMILES string of the molecule is ClC1(Cl)CCC(Br)(Br)CC1. The van der Waals surface area contributed by atoms with Crippen molar-refractivity contribution in [1.82, 2.24) is 0 Å². The molecule has 0 unspecified atom stereocenters. The molecular weight excluding hydrogens is 303 g/mol. The van der Waals surface area contributed by atoms with E-state index in [9.17, 15) is 0 Å². The van der Waals surface area contributed by atoms with E-state index >= 15 is 0 Å². The molecule has 0 spiro atoms. The predicted molar refractivity (Wildman–Crippen MR) is 53.5 cm³/mol. The molecule has 4 heteroatoms. The highest BCUT2D eigenvalue weighted by Crippen LogP contribution is 2.48. The van der Waals surface area contributed by atoms with Crippen LogP contribution in [0.1, 0.15) is 25.7 Å². The first-order chi connectivity index (χ1) is 4.41. The molecule has 60 valence electrons. The van der Waals surface area contributed by atoms with Crippen molar-refractivity contribution in [3.8, 4) is 0 Å². The molecule has 1 aliphatic rings. The third kappa shape index (κ3) is 2.88. The average Bonchev–Trinajstić information content (AvgIpc) is 1.79. The maximum absolute atomic E-state index is 5.92. The van der Waals surface area contributed by atoms with Crippen LogP contribution in [0.15, 0.2) is 0 Å². The standard InChI is InChI=1S/C6H8Br2Cl2/c7-5(8)1-3-6(9,10)4-2-5/h1-4H2. The number of halogens is 4. The molecule has 1 saturated carbocycles. The highest BCUT2D eigenvalue weighted by molar-refractivity contribution is 9.25. The smallest absolute Gasteiger partial charge is 0.102 e. The number of alkyl halides is 4. The summed E-state index contributed by atoms with van der Waals surface area (Å²) >= 11 is 18.9. The maximum atomic E-state index is 5.92. The van der Waals surface area contributed by atoms with Gasteiger partial charge in [0.1, 0.15) is 4.33 Å². The molecule has 0 N–H and O–H groups in total. The summed E-state index contributed by atoms with van der Waals surface area (Å²) < 4.78 is -0.391. The Balaban J connectivity index is 2.46. The summed E-state index contributed by atoms with van der Waals surface area (Å²) in [5, 5.41) is 0. The minimum atomic E-state index is -0.481. The first kappa shape index (κ1) is 9.63. The summed E-state index contributed by atoms with van der Waals surface area (Å²) in [6, 6.07) is 0. The van der Waals surface area contributed by atoms with Gasteiger partial charge in [0, 0.05) is 0 Å². The van der Waals surface area contributed by atoms with Crippen LogP contribution in [0.3, 0.4) is 0 Å². The maximum Gasteiger partial charge on any atom is 0.118 e. The van der Waals surface area contributed by atoms with Gasteiger partial charge in [-0.25, -0.2) is 0 Å². The summed E-state index contributed by atoms with van der Waals surface area (Å²) in [6.07, 6.45) is 3.68.